The van der Waals surface area contributed by atoms with Crippen LogP contribution in [0, 0.1) is 0 Å². The minimum Gasteiger partial charge on any atom is -0.386 e. The van der Waals surface area contributed by atoms with Crippen LogP contribution in [0.4, 0.5) is 0 Å². The molecule has 0 aliphatic carbocycles. The number of rotatable bonds is 0. The van der Waals surface area contributed by atoms with Crippen molar-refractivity contribution in [1.82, 2.24) is 0 Å². The molecule has 2 bridgehead atoms. The fraction of sp³-hybridized carbons (Fsp3) is 0.500. The lowest BCUT2D eigenvalue weighted by Crippen LogP contribution is -2.15. The lowest BCUT2D eigenvalue weighted by Gasteiger charge is -2.03. The summed E-state index contributed by atoms with van der Waals surface area (Å²) < 4.78 is 9.86. The van der Waals surface area contributed by atoms with E-state index in [1.807, 2.05) is 0 Å². The Balaban J connectivity index is 2.18. The van der Waals surface area contributed by atoms with Crippen molar-refractivity contribution >= 4 is 11.9 Å². The molecule has 0 aromatic carbocycles. The fourth-order valence-corrected chi connectivity index (χ4v) is 2.09. The van der Waals surface area contributed by atoms with Gasteiger partial charge in [0.1, 0.15) is 0 Å². The maximum absolute atomic E-state index is 11.1. The number of ether oxygens (including phenoxy) is 2. The van der Waals surface area contributed by atoms with E-state index < -0.39 is 11.9 Å². The van der Waals surface area contributed by atoms with Gasteiger partial charge in [-0.15, -0.1) is 0 Å². The second-order valence-corrected chi connectivity index (χ2v) is 3.20. The monoisotopic (exact) mass is 166 g/mol. The van der Waals surface area contributed by atoms with Gasteiger partial charge in [0.15, 0.2) is 0 Å². The predicted octanol–water partition coefficient (Wildman–Crippen LogP) is -0.0724. The van der Waals surface area contributed by atoms with Crippen molar-refractivity contribution in [2.45, 2.75) is 25.0 Å². The summed E-state index contributed by atoms with van der Waals surface area (Å²) in [6.45, 7) is 0. The molecule has 12 heavy (non-hydrogen) atoms. The van der Waals surface area contributed by atoms with E-state index in [1.54, 1.807) is 0 Å². The molecule has 0 radical (unpaired) electrons. The Labute approximate surface area is 68.1 Å². The first-order valence-electron chi connectivity index (χ1n) is 3.93. The summed E-state index contributed by atoms with van der Waals surface area (Å²) in [5.41, 5.74) is 0.965. The molecule has 0 spiro atoms. The first-order valence-corrected chi connectivity index (χ1v) is 3.93. The van der Waals surface area contributed by atoms with E-state index in [-0.39, 0.29) is 12.2 Å². The molecule has 0 amide bonds. The molecule has 0 aromatic heterocycles. The first-order chi connectivity index (χ1) is 5.77. The van der Waals surface area contributed by atoms with Crippen LogP contribution >= 0.6 is 0 Å². The summed E-state index contributed by atoms with van der Waals surface area (Å²) in [5, 5.41) is 0. The molecule has 0 aromatic rings. The van der Waals surface area contributed by atoms with E-state index in [0.717, 1.165) is 12.8 Å². The number of fused-ring (bicyclic) bond motifs is 4. The second kappa shape index (κ2) is 1.77. The molecule has 62 valence electrons. The van der Waals surface area contributed by atoms with Gasteiger partial charge in [0.2, 0.25) is 0 Å². The topological polar surface area (TPSA) is 52.6 Å². The number of hydrogen-bond acceptors (Lipinski definition) is 4. The smallest absolute Gasteiger partial charge is 0.345 e. The van der Waals surface area contributed by atoms with Crippen LogP contribution in [-0.2, 0) is 19.1 Å². The number of esters is 2. The molecule has 4 heteroatoms. The highest BCUT2D eigenvalue weighted by molar-refractivity contribution is 6.14. The highest BCUT2D eigenvalue weighted by Gasteiger charge is 2.51. The normalized spacial score (nSPS) is 37.7. The lowest BCUT2D eigenvalue weighted by atomic mass is 9.93. The molecule has 0 unspecified atom stereocenters. The zero-order valence-corrected chi connectivity index (χ0v) is 6.20. The van der Waals surface area contributed by atoms with Gasteiger partial charge in [-0.05, 0) is 12.8 Å². The molecule has 3 aliphatic rings. The van der Waals surface area contributed by atoms with Gasteiger partial charge in [0, 0.05) is 0 Å². The second-order valence-electron chi connectivity index (χ2n) is 3.20. The van der Waals surface area contributed by atoms with Crippen LogP contribution in [0.25, 0.3) is 0 Å². The van der Waals surface area contributed by atoms with Gasteiger partial charge in [-0.3, -0.25) is 0 Å². The van der Waals surface area contributed by atoms with Crippen molar-refractivity contribution in [2.75, 3.05) is 0 Å². The highest BCUT2D eigenvalue weighted by Crippen LogP contribution is 2.42. The molecule has 0 saturated carbocycles. The molecule has 2 atom stereocenters. The van der Waals surface area contributed by atoms with E-state index in [1.165, 1.54) is 0 Å². The van der Waals surface area contributed by atoms with Crippen molar-refractivity contribution in [1.29, 1.82) is 0 Å². The average Bonchev–Trinajstić information content (AvgIpc) is 2.64. The predicted molar refractivity (Wildman–Crippen MR) is 36.0 cm³/mol. The van der Waals surface area contributed by atoms with Gasteiger partial charge in [-0.1, -0.05) is 0 Å². The van der Waals surface area contributed by atoms with E-state index >= 15 is 0 Å². The molecule has 1 fully saturated rings. The standard InChI is InChI=1S/C8H6O4/c9-7-5-3-1-2-4(11-3)6(5)8(10)12-7/h3-4H,1-2H2/t3-,4-/m1/s1. The Bertz CT molecular complexity index is 298. The van der Waals surface area contributed by atoms with Gasteiger partial charge >= 0.3 is 11.9 Å². The van der Waals surface area contributed by atoms with Crippen molar-refractivity contribution in [3.8, 4) is 0 Å². The SMILES string of the molecule is O=C1OC(=O)C2=C1[C@H]1CC[C@H]2O1. The summed E-state index contributed by atoms with van der Waals surface area (Å²) in [4.78, 5) is 22.2. The number of carbonyl (C=O) groups is 2. The molecule has 0 N–H and O–H groups in total. The summed E-state index contributed by atoms with van der Waals surface area (Å²) in [6.07, 6.45) is 1.35. The van der Waals surface area contributed by atoms with Crippen LogP contribution in [0.2, 0.25) is 0 Å². The lowest BCUT2D eigenvalue weighted by molar-refractivity contribution is -0.152. The Morgan fingerprint density at radius 1 is 1.00 bits per heavy atom. The maximum atomic E-state index is 11.1. The Morgan fingerprint density at radius 3 is 2.00 bits per heavy atom. The van der Waals surface area contributed by atoms with E-state index in [0.29, 0.717) is 11.1 Å². The van der Waals surface area contributed by atoms with Gasteiger partial charge in [-0.2, -0.15) is 0 Å². The largest absolute Gasteiger partial charge is 0.386 e. The molecule has 3 heterocycles. The number of hydrogen-bond donors (Lipinski definition) is 0. The minimum atomic E-state index is -0.498. The van der Waals surface area contributed by atoms with E-state index in [2.05, 4.69) is 4.74 Å². The summed E-state index contributed by atoms with van der Waals surface area (Å²) >= 11 is 0. The Morgan fingerprint density at radius 2 is 1.50 bits per heavy atom. The maximum Gasteiger partial charge on any atom is 0.345 e. The zero-order valence-electron chi connectivity index (χ0n) is 6.20. The van der Waals surface area contributed by atoms with Crippen LogP contribution in [0.15, 0.2) is 11.1 Å². The fourth-order valence-electron chi connectivity index (χ4n) is 2.09. The van der Waals surface area contributed by atoms with Crippen LogP contribution in [0.1, 0.15) is 12.8 Å². The summed E-state index contributed by atoms with van der Waals surface area (Å²) in [6, 6.07) is 0. The summed E-state index contributed by atoms with van der Waals surface area (Å²) in [5.74, 6) is -0.996. The van der Waals surface area contributed by atoms with Crippen molar-refractivity contribution in [2.24, 2.45) is 0 Å². The Kier molecular flexibility index (Phi) is 0.939. The number of cyclic esters (lactones) is 2. The zero-order chi connectivity index (χ0) is 8.29. The minimum absolute atomic E-state index is 0.163. The van der Waals surface area contributed by atoms with Crippen molar-refractivity contribution in [3.05, 3.63) is 11.1 Å². The molecule has 1 saturated heterocycles. The highest BCUT2D eigenvalue weighted by atomic mass is 16.6. The molecule has 3 aliphatic heterocycles. The van der Waals surface area contributed by atoms with Crippen molar-refractivity contribution in [3.63, 3.8) is 0 Å². The van der Waals surface area contributed by atoms with E-state index in [9.17, 15) is 9.59 Å². The summed E-state index contributed by atoms with van der Waals surface area (Å²) in [7, 11) is 0. The first kappa shape index (κ1) is 6.37. The molecular weight excluding hydrogens is 160 g/mol. The quantitative estimate of drug-likeness (QED) is 0.373. The van der Waals surface area contributed by atoms with Gasteiger partial charge in [-0.25, -0.2) is 9.59 Å². The van der Waals surface area contributed by atoms with Gasteiger partial charge < -0.3 is 9.47 Å². The van der Waals surface area contributed by atoms with Gasteiger partial charge in [0.05, 0.1) is 23.4 Å². The van der Waals surface area contributed by atoms with Crippen LogP contribution in [-0.4, -0.2) is 24.1 Å². The molecule has 3 rings (SSSR count). The van der Waals surface area contributed by atoms with Crippen LogP contribution < -0.4 is 0 Å². The van der Waals surface area contributed by atoms with Crippen LogP contribution in [0.3, 0.4) is 0 Å². The number of carbonyl (C=O) groups excluding carboxylic acids is 2. The molecular formula is C8H6O4. The third-order valence-corrected chi connectivity index (χ3v) is 2.58. The Hall–Kier alpha value is -1.16. The average molecular weight is 166 g/mol. The third kappa shape index (κ3) is 0.536. The molecule has 4 nitrogen and oxygen atoms in total. The van der Waals surface area contributed by atoms with Crippen LogP contribution in [0.5, 0.6) is 0 Å². The van der Waals surface area contributed by atoms with Gasteiger partial charge in [0.25, 0.3) is 0 Å². The van der Waals surface area contributed by atoms with Crippen molar-refractivity contribution < 1.29 is 19.1 Å². The third-order valence-electron chi connectivity index (χ3n) is 2.58. The van der Waals surface area contributed by atoms with E-state index in [4.69, 9.17) is 4.74 Å².